The number of ether oxygens (including phenoxy) is 1. The second-order valence-corrected chi connectivity index (χ2v) is 11.6. The number of amides is 1. The van der Waals surface area contributed by atoms with Crippen LogP contribution < -0.4 is 10.2 Å². The molecule has 10 heteroatoms. The lowest BCUT2D eigenvalue weighted by molar-refractivity contribution is -0.159. The maximum atomic E-state index is 12.3. The van der Waals surface area contributed by atoms with E-state index in [0.29, 0.717) is 24.0 Å². The van der Waals surface area contributed by atoms with Gasteiger partial charge in [0.1, 0.15) is 30.5 Å². The molecule has 10 nitrogen and oxygen atoms in total. The Morgan fingerprint density at radius 1 is 1.03 bits per heavy atom. The van der Waals surface area contributed by atoms with Crippen molar-refractivity contribution in [3.8, 4) is 0 Å². The number of benzene rings is 1. The number of rotatable bonds is 2. The van der Waals surface area contributed by atoms with E-state index in [-0.39, 0.29) is 11.5 Å². The number of nitrogens with zero attached hydrogens (tertiary/aromatic N) is 3. The third-order valence-corrected chi connectivity index (χ3v) is 7.93. The molecule has 35 heavy (non-hydrogen) atoms. The summed E-state index contributed by atoms with van der Waals surface area (Å²) < 4.78 is 5.49. The lowest BCUT2D eigenvalue weighted by atomic mass is 9.72. The number of aliphatic hydroxyl groups excluding tert-OH is 4. The zero-order valence-electron chi connectivity index (χ0n) is 20.7. The summed E-state index contributed by atoms with van der Waals surface area (Å²) in [5, 5.41) is 44.8. The van der Waals surface area contributed by atoms with Crippen molar-refractivity contribution >= 4 is 11.8 Å². The fourth-order valence-electron chi connectivity index (χ4n) is 6.00. The van der Waals surface area contributed by atoms with Crippen LogP contribution in [-0.2, 0) is 4.74 Å². The third-order valence-electron chi connectivity index (χ3n) is 7.93. The Hall–Kier alpha value is -1.95. The summed E-state index contributed by atoms with van der Waals surface area (Å²) in [5.74, 6) is 0. The van der Waals surface area contributed by atoms with Crippen LogP contribution in [0.3, 0.4) is 0 Å². The van der Waals surface area contributed by atoms with Crippen LogP contribution in [0, 0.1) is 5.41 Å². The van der Waals surface area contributed by atoms with E-state index in [4.69, 9.17) is 4.74 Å². The van der Waals surface area contributed by atoms with Gasteiger partial charge >= 0.3 is 6.09 Å². The van der Waals surface area contributed by atoms with Crippen molar-refractivity contribution in [2.24, 2.45) is 5.41 Å². The highest BCUT2D eigenvalue weighted by Gasteiger charge is 2.48. The maximum absolute atomic E-state index is 12.3. The normalized spacial score (nSPS) is 32.9. The summed E-state index contributed by atoms with van der Waals surface area (Å²) in [4.78, 5) is 17.9. The first-order valence-electron chi connectivity index (χ1n) is 12.6. The number of nitrogens with one attached hydrogen (secondary N) is 1. The Bertz CT molecular complexity index is 952. The molecule has 1 amide bonds. The van der Waals surface area contributed by atoms with Gasteiger partial charge in [0.2, 0.25) is 0 Å². The van der Waals surface area contributed by atoms with E-state index in [2.05, 4.69) is 10.2 Å². The fraction of sp³-hybridized carbons (Fsp3) is 0.720. The molecule has 194 valence electrons. The molecular formula is C25H38N4O6. The highest BCUT2D eigenvalue weighted by molar-refractivity contribution is 5.69. The van der Waals surface area contributed by atoms with Crippen LogP contribution in [0.15, 0.2) is 18.2 Å². The van der Waals surface area contributed by atoms with Crippen LogP contribution in [0.2, 0.25) is 0 Å². The van der Waals surface area contributed by atoms with Crippen LogP contribution in [0.25, 0.3) is 0 Å². The first-order chi connectivity index (χ1) is 16.5. The lowest BCUT2D eigenvalue weighted by Crippen LogP contribution is -2.62. The van der Waals surface area contributed by atoms with Gasteiger partial charge < -0.3 is 35.0 Å². The minimum Gasteiger partial charge on any atom is -0.444 e. The average Bonchev–Trinajstić information content (AvgIpc) is 3.01. The molecule has 5 rings (SSSR count). The van der Waals surface area contributed by atoms with Crippen molar-refractivity contribution in [2.75, 3.05) is 31.1 Å². The van der Waals surface area contributed by atoms with Gasteiger partial charge in [-0.2, -0.15) is 0 Å². The van der Waals surface area contributed by atoms with Gasteiger partial charge in [-0.15, -0.1) is 0 Å². The summed E-state index contributed by atoms with van der Waals surface area (Å²) in [6.45, 7) is 8.80. The lowest BCUT2D eigenvalue weighted by Gasteiger charge is -2.54. The van der Waals surface area contributed by atoms with Gasteiger partial charge in [0, 0.05) is 48.4 Å². The molecule has 5 atom stereocenters. The Kier molecular flexibility index (Phi) is 6.26. The number of carbonyl (C=O) groups excluding carboxylic acids is 1. The van der Waals surface area contributed by atoms with Gasteiger partial charge in [-0.25, -0.2) is 9.69 Å². The summed E-state index contributed by atoms with van der Waals surface area (Å²) >= 11 is 0. The highest BCUT2D eigenvalue weighted by Crippen LogP contribution is 2.46. The number of aliphatic hydroxyl groups is 4. The molecule has 0 aliphatic carbocycles. The Labute approximate surface area is 206 Å². The molecule has 3 saturated heterocycles. The van der Waals surface area contributed by atoms with Crippen LogP contribution in [0.4, 0.5) is 10.5 Å². The van der Waals surface area contributed by atoms with Crippen molar-refractivity contribution in [3.63, 3.8) is 0 Å². The number of carbonyl (C=O) groups is 1. The van der Waals surface area contributed by atoms with Crippen LogP contribution >= 0.6 is 0 Å². The Morgan fingerprint density at radius 2 is 1.69 bits per heavy atom. The predicted octanol–water partition coefficient (Wildman–Crippen LogP) is 1.21. The second-order valence-electron chi connectivity index (χ2n) is 11.6. The number of piperidine rings is 2. The average molecular weight is 491 g/mol. The van der Waals surface area contributed by atoms with Crippen LogP contribution in [-0.4, -0.2) is 86.6 Å². The third kappa shape index (κ3) is 4.63. The molecule has 4 aliphatic heterocycles. The molecule has 0 bridgehead atoms. The molecular weight excluding hydrogens is 452 g/mol. The fourth-order valence-corrected chi connectivity index (χ4v) is 6.00. The molecule has 5 N–H and O–H groups in total. The van der Waals surface area contributed by atoms with Gasteiger partial charge in [0.25, 0.3) is 0 Å². The van der Waals surface area contributed by atoms with Gasteiger partial charge in [-0.1, -0.05) is 6.07 Å². The van der Waals surface area contributed by atoms with E-state index >= 15 is 0 Å². The second kappa shape index (κ2) is 8.86. The maximum Gasteiger partial charge on any atom is 0.410 e. The monoisotopic (exact) mass is 490 g/mol. The number of anilines is 1. The molecule has 4 aliphatic rings. The molecule has 4 heterocycles. The highest BCUT2D eigenvalue weighted by atomic mass is 16.6. The zero-order valence-corrected chi connectivity index (χ0v) is 20.7. The van der Waals surface area contributed by atoms with Gasteiger partial charge in [-0.3, -0.25) is 5.32 Å². The van der Waals surface area contributed by atoms with E-state index < -0.39 is 36.6 Å². The standard InChI is InChI=1S/C25H38N4O6/c1-24(2,3)35-23(34)28-13-25(14-28)8-10-27(11-9-25)15-4-5-16-17(12-15)22(33)29(21(16)32)18-6-7-19(30)26-20(18)31/h4-5,12,18-22,26,30-33H,6-11,13-14H2,1-3H3. The van der Waals surface area contributed by atoms with Crippen LogP contribution in [0.5, 0.6) is 0 Å². The summed E-state index contributed by atoms with van der Waals surface area (Å²) in [5.41, 5.74) is 1.93. The number of hydrogen-bond acceptors (Lipinski definition) is 9. The van der Waals surface area contributed by atoms with Crippen molar-refractivity contribution < 1.29 is 30.0 Å². The molecule has 3 fully saturated rings. The topological polar surface area (TPSA) is 129 Å². The van der Waals surface area contributed by atoms with Crippen molar-refractivity contribution in [1.29, 1.82) is 0 Å². The van der Waals surface area contributed by atoms with E-state index in [1.54, 1.807) is 4.90 Å². The molecule has 1 aromatic rings. The number of fused-ring (bicyclic) bond motifs is 1. The molecule has 0 saturated carbocycles. The summed E-state index contributed by atoms with van der Waals surface area (Å²) in [7, 11) is 0. The van der Waals surface area contributed by atoms with Crippen molar-refractivity contribution in [1.82, 2.24) is 15.1 Å². The molecule has 5 unspecified atom stereocenters. The van der Waals surface area contributed by atoms with Gasteiger partial charge in [-0.05, 0) is 58.6 Å². The van der Waals surface area contributed by atoms with E-state index in [0.717, 1.165) is 44.7 Å². The van der Waals surface area contributed by atoms with E-state index in [9.17, 15) is 25.2 Å². The largest absolute Gasteiger partial charge is 0.444 e. The summed E-state index contributed by atoms with van der Waals surface area (Å²) in [6, 6.07) is 5.25. The predicted molar refractivity (Wildman–Crippen MR) is 128 cm³/mol. The smallest absolute Gasteiger partial charge is 0.410 e. The Morgan fingerprint density at radius 3 is 2.31 bits per heavy atom. The number of hydrogen-bond donors (Lipinski definition) is 5. The van der Waals surface area contributed by atoms with Crippen molar-refractivity contribution in [2.45, 2.75) is 83.0 Å². The van der Waals surface area contributed by atoms with E-state index in [1.807, 2.05) is 39.0 Å². The van der Waals surface area contributed by atoms with Gasteiger partial charge in [0.15, 0.2) is 0 Å². The number of likely N-dealkylation sites (tertiary alicyclic amines) is 1. The Balaban J connectivity index is 1.21. The minimum absolute atomic E-state index is 0.144. The minimum atomic E-state index is -1.04. The molecule has 1 aromatic carbocycles. The van der Waals surface area contributed by atoms with Crippen LogP contribution in [0.1, 0.15) is 70.0 Å². The van der Waals surface area contributed by atoms with Gasteiger partial charge in [0.05, 0.1) is 6.04 Å². The molecule has 0 radical (unpaired) electrons. The first-order valence-corrected chi connectivity index (χ1v) is 12.6. The summed E-state index contributed by atoms with van der Waals surface area (Å²) in [6.07, 6.45) is -1.30. The SMILES string of the molecule is CC(C)(C)OC(=O)N1CC2(CCN(c3ccc4c(c3)C(O)N(C3CCC(O)NC3O)C4O)CC2)C1. The zero-order chi connectivity index (χ0) is 25.1. The molecule has 1 spiro atoms. The van der Waals surface area contributed by atoms with E-state index in [1.165, 1.54) is 4.90 Å². The molecule has 0 aromatic heterocycles. The quantitative estimate of drug-likeness (QED) is 0.415. The first kappa shape index (κ1) is 24.7. The van der Waals surface area contributed by atoms with Crippen molar-refractivity contribution in [3.05, 3.63) is 29.3 Å².